The first-order valence-corrected chi connectivity index (χ1v) is 13.8. The minimum absolute atomic E-state index is 0.0453. The van der Waals surface area contributed by atoms with Crippen LogP contribution in [0.25, 0.3) is 0 Å². The number of aromatic nitrogens is 2. The van der Waals surface area contributed by atoms with E-state index in [1.807, 2.05) is 6.07 Å². The third kappa shape index (κ3) is 7.30. The molecule has 0 bridgehead atoms. The molecule has 1 aromatic heterocycles. The van der Waals surface area contributed by atoms with Crippen molar-refractivity contribution in [3.63, 3.8) is 0 Å². The Hall–Kier alpha value is -3.57. The number of fused-ring (bicyclic) bond motifs is 1. The van der Waals surface area contributed by atoms with E-state index in [0.717, 1.165) is 58.0 Å². The highest BCUT2D eigenvalue weighted by Crippen LogP contribution is 2.31. The Bertz CT molecular complexity index is 1190. The fourth-order valence-electron chi connectivity index (χ4n) is 5.45. The Morgan fingerprint density at radius 3 is 2.54 bits per heavy atom. The summed E-state index contributed by atoms with van der Waals surface area (Å²) >= 11 is 0. The van der Waals surface area contributed by atoms with Gasteiger partial charge in [0, 0.05) is 50.2 Å². The molecule has 39 heavy (non-hydrogen) atoms. The molecule has 2 aromatic rings. The number of benzene rings is 1. The van der Waals surface area contributed by atoms with E-state index in [-0.39, 0.29) is 47.8 Å². The Morgan fingerprint density at radius 1 is 1.05 bits per heavy atom. The van der Waals surface area contributed by atoms with Crippen molar-refractivity contribution in [3.05, 3.63) is 53.5 Å². The van der Waals surface area contributed by atoms with Gasteiger partial charge in [0.05, 0.1) is 6.10 Å². The van der Waals surface area contributed by atoms with E-state index in [1.54, 1.807) is 6.07 Å². The van der Waals surface area contributed by atoms with Crippen molar-refractivity contribution in [2.75, 3.05) is 25.0 Å². The van der Waals surface area contributed by atoms with Crippen LogP contribution in [0.2, 0.25) is 0 Å². The number of hydrogen-bond acceptors (Lipinski definition) is 9. The summed E-state index contributed by atoms with van der Waals surface area (Å²) in [4.78, 5) is 35.6. The molecule has 1 aliphatic heterocycles. The number of carbonyl (C=O) groups excluding carboxylic acids is 2. The fraction of sp³-hybridized carbons (Fsp3) is 0.536. The van der Waals surface area contributed by atoms with E-state index in [9.17, 15) is 14.7 Å². The summed E-state index contributed by atoms with van der Waals surface area (Å²) in [5.74, 6) is 0.0352. The maximum absolute atomic E-state index is 12.7. The summed E-state index contributed by atoms with van der Waals surface area (Å²) in [6.45, 7) is 2.32. The average Bonchev–Trinajstić information content (AvgIpc) is 3.78. The van der Waals surface area contributed by atoms with Gasteiger partial charge in [0.2, 0.25) is 0 Å². The molecule has 2 saturated carbocycles. The van der Waals surface area contributed by atoms with Crippen LogP contribution in [0.15, 0.2) is 41.8 Å². The number of nitrogens with one attached hydrogen (secondary N) is 3. The molecule has 0 saturated heterocycles. The number of β-amino-alcohol motifs (C(OH)–C–C–N with tert-alkyl or cyclic N) is 1. The monoisotopic (exact) mass is 535 g/mol. The van der Waals surface area contributed by atoms with Gasteiger partial charge in [0.25, 0.3) is 11.8 Å². The van der Waals surface area contributed by atoms with E-state index in [2.05, 4.69) is 54.2 Å². The summed E-state index contributed by atoms with van der Waals surface area (Å²) in [5.41, 5.74) is 3.13. The molecule has 2 aliphatic carbocycles. The van der Waals surface area contributed by atoms with E-state index in [0.29, 0.717) is 12.4 Å². The lowest BCUT2D eigenvalue weighted by atomic mass is 9.91. The number of rotatable bonds is 10. The first-order valence-electron chi connectivity index (χ1n) is 13.8. The Morgan fingerprint density at radius 2 is 1.79 bits per heavy atom. The van der Waals surface area contributed by atoms with Crippen LogP contribution in [-0.2, 0) is 17.8 Å². The number of oxime groups is 1. The highest BCUT2D eigenvalue weighted by Gasteiger charge is 2.34. The highest BCUT2D eigenvalue weighted by atomic mass is 16.4. The Kier molecular flexibility index (Phi) is 8.67. The van der Waals surface area contributed by atoms with Crippen LogP contribution in [0.5, 0.6) is 0 Å². The summed E-state index contributed by atoms with van der Waals surface area (Å²) in [6.07, 6.45) is 6.70. The van der Waals surface area contributed by atoms with Gasteiger partial charge in [-0.05, 0) is 56.1 Å². The van der Waals surface area contributed by atoms with E-state index in [4.69, 9.17) is 5.21 Å². The minimum Gasteiger partial charge on any atom is -0.410 e. The minimum atomic E-state index is -0.682. The first-order chi connectivity index (χ1) is 19.0. The quantitative estimate of drug-likeness (QED) is 0.175. The van der Waals surface area contributed by atoms with Gasteiger partial charge in [-0.2, -0.15) is 0 Å². The van der Waals surface area contributed by atoms with Gasteiger partial charge in [0.15, 0.2) is 0 Å². The van der Waals surface area contributed by atoms with Crippen molar-refractivity contribution in [1.82, 2.24) is 25.5 Å². The van der Waals surface area contributed by atoms with Crippen molar-refractivity contribution in [2.45, 2.75) is 69.7 Å². The van der Waals surface area contributed by atoms with Crippen molar-refractivity contribution in [1.29, 1.82) is 0 Å². The molecular formula is C28H37N7O4. The Balaban J connectivity index is 1.04. The maximum Gasteiger partial charge on any atom is 0.270 e. The number of amides is 2. The van der Waals surface area contributed by atoms with Crippen LogP contribution in [0, 0.1) is 5.92 Å². The van der Waals surface area contributed by atoms with Crippen LogP contribution < -0.4 is 16.0 Å². The molecule has 2 amide bonds. The predicted octanol–water partition coefficient (Wildman–Crippen LogP) is 1.71. The molecule has 11 nitrogen and oxygen atoms in total. The van der Waals surface area contributed by atoms with Crippen molar-refractivity contribution >= 4 is 23.3 Å². The number of anilines is 1. The van der Waals surface area contributed by atoms with E-state index >= 15 is 0 Å². The normalized spacial score (nSPS) is 22.4. The largest absolute Gasteiger partial charge is 0.410 e. The number of aliphatic hydroxyl groups excluding tert-OH is 1. The van der Waals surface area contributed by atoms with Crippen LogP contribution in [0.1, 0.15) is 60.1 Å². The molecular weight excluding hydrogens is 498 g/mol. The van der Waals surface area contributed by atoms with Crippen molar-refractivity contribution in [3.8, 4) is 0 Å². The van der Waals surface area contributed by atoms with E-state index < -0.39 is 6.10 Å². The summed E-state index contributed by atoms with van der Waals surface area (Å²) < 4.78 is 0. The summed E-state index contributed by atoms with van der Waals surface area (Å²) in [6, 6.07) is 10.2. The fourth-order valence-corrected chi connectivity index (χ4v) is 5.45. The molecule has 208 valence electrons. The van der Waals surface area contributed by atoms with E-state index in [1.165, 1.54) is 17.5 Å². The number of aliphatic hydroxyl groups is 1. The molecule has 0 radical (unpaired) electrons. The third-order valence-electron chi connectivity index (χ3n) is 7.80. The third-order valence-corrected chi connectivity index (χ3v) is 7.80. The molecule has 3 aliphatic rings. The summed E-state index contributed by atoms with van der Waals surface area (Å²) in [7, 11) is 0. The van der Waals surface area contributed by atoms with Gasteiger partial charge in [-0.1, -0.05) is 29.4 Å². The zero-order valence-corrected chi connectivity index (χ0v) is 22.1. The summed E-state index contributed by atoms with van der Waals surface area (Å²) in [5, 5.41) is 32.0. The predicted molar refractivity (Wildman–Crippen MR) is 146 cm³/mol. The Labute approximate surface area is 228 Å². The van der Waals surface area contributed by atoms with Gasteiger partial charge >= 0.3 is 0 Å². The molecule has 2 fully saturated rings. The van der Waals surface area contributed by atoms with Crippen LogP contribution in [0.3, 0.4) is 0 Å². The molecule has 0 unspecified atom stereocenters. The van der Waals surface area contributed by atoms with Gasteiger partial charge in [-0.3, -0.25) is 14.5 Å². The molecule has 1 atom stereocenters. The highest BCUT2D eigenvalue weighted by molar-refractivity contribution is 6.40. The number of hydrogen-bond donors (Lipinski definition) is 5. The van der Waals surface area contributed by atoms with Crippen molar-refractivity contribution < 1.29 is 19.9 Å². The zero-order valence-electron chi connectivity index (χ0n) is 22.1. The SMILES string of the molecule is O=C(NC1CCC(Nc2cc(C(=O)NC[C@H](O)CN3CCc4ccccc4C3)ncn2)CC1)/C(=N\O)C1CC1. The molecule has 5 rings (SSSR count). The van der Waals surface area contributed by atoms with Gasteiger partial charge in [0.1, 0.15) is 23.6 Å². The molecule has 1 aromatic carbocycles. The van der Waals surface area contributed by atoms with Crippen molar-refractivity contribution in [2.24, 2.45) is 11.1 Å². The molecule has 0 spiro atoms. The smallest absolute Gasteiger partial charge is 0.270 e. The lowest BCUT2D eigenvalue weighted by molar-refractivity contribution is -0.116. The zero-order chi connectivity index (χ0) is 27.2. The van der Waals surface area contributed by atoms with Crippen LogP contribution in [-0.4, -0.2) is 80.5 Å². The van der Waals surface area contributed by atoms with Gasteiger partial charge in [-0.25, -0.2) is 9.97 Å². The van der Waals surface area contributed by atoms with Crippen LogP contribution in [0.4, 0.5) is 5.82 Å². The van der Waals surface area contributed by atoms with Gasteiger partial charge in [-0.15, -0.1) is 0 Å². The molecule has 11 heteroatoms. The molecule has 2 heterocycles. The van der Waals surface area contributed by atoms with Crippen LogP contribution >= 0.6 is 0 Å². The second-order valence-corrected chi connectivity index (χ2v) is 10.8. The standard InChI is InChI=1S/C28H37N7O4/c36-23(16-35-12-11-18-3-1-2-4-20(18)15-35)14-29-27(37)24-13-25(31-17-30-24)32-21-7-9-22(10-8-21)33-28(38)26(34-39)19-5-6-19/h1-4,13,17,19,21-23,36,39H,5-12,14-16H2,(H,29,37)(H,33,38)(H,30,31,32)/b34-26-/t21?,22?,23-/m0/s1. The second-order valence-electron chi connectivity index (χ2n) is 10.8. The number of nitrogens with zero attached hydrogens (tertiary/aromatic N) is 4. The number of carbonyl (C=O) groups is 2. The van der Waals surface area contributed by atoms with Gasteiger partial charge < -0.3 is 26.3 Å². The topological polar surface area (TPSA) is 152 Å². The average molecular weight is 536 g/mol. The second kappa shape index (κ2) is 12.5. The lowest BCUT2D eigenvalue weighted by Crippen LogP contribution is -2.43. The molecule has 5 N–H and O–H groups in total. The first kappa shape index (κ1) is 27.0. The lowest BCUT2D eigenvalue weighted by Gasteiger charge is -2.30. The maximum atomic E-state index is 12.7.